The number of benzene rings is 1. The van der Waals surface area contributed by atoms with Gasteiger partial charge in [-0.25, -0.2) is 14.8 Å². The summed E-state index contributed by atoms with van der Waals surface area (Å²) in [6.45, 7) is 6.95. The van der Waals surface area contributed by atoms with Gasteiger partial charge in [0.2, 0.25) is 0 Å². The average molecular weight is 562 g/mol. The first-order valence-corrected chi connectivity index (χ1v) is 13.0. The van der Waals surface area contributed by atoms with E-state index in [9.17, 15) is 29.6 Å². The number of aliphatic hydroxyl groups excluding tert-OH is 1. The first-order chi connectivity index (χ1) is 19.0. The van der Waals surface area contributed by atoms with Crippen LogP contribution >= 0.6 is 11.3 Å². The molecule has 4 aromatic rings. The molecule has 5 rings (SSSR count). The number of carbonyl (C=O) groups excluding carboxylic acids is 3. The number of nitro benzene ring substituents is 1. The Bertz CT molecular complexity index is 1750. The number of non-ortho nitro benzene ring substituents is 1. The number of pyridine rings is 1. The van der Waals surface area contributed by atoms with E-state index in [1.807, 2.05) is 19.1 Å². The van der Waals surface area contributed by atoms with Crippen LogP contribution in [0.15, 0.2) is 48.2 Å². The van der Waals surface area contributed by atoms with Gasteiger partial charge in [0.25, 0.3) is 11.5 Å². The molecular weight excluding hydrogens is 538 g/mol. The summed E-state index contributed by atoms with van der Waals surface area (Å²) in [4.78, 5) is 60.3. The van der Waals surface area contributed by atoms with Crippen LogP contribution in [-0.4, -0.2) is 48.7 Å². The number of nitrogens with zero attached hydrogens (tertiary/aromatic N) is 5. The highest BCUT2D eigenvalue weighted by Gasteiger charge is 2.49. The molecule has 1 N–H and O–H groups in total. The first-order valence-electron chi connectivity index (χ1n) is 12.2. The van der Waals surface area contributed by atoms with Crippen LogP contribution in [0.1, 0.15) is 50.8 Å². The number of carbonyl (C=O) groups is 3. The molecule has 3 aromatic heterocycles. The lowest BCUT2D eigenvalue weighted by Gasteiger charge is -2.22. The topological polar surface area (TPSA) is 157 Å². The zero-order valence-electron chi connectivity index (χ0n) is 21.9. The fourth-order valence-corrected chi connectivity index (χ4v) is 5.66. The number of Topliss-reactive ketones (excluding diaryl/α,β-unsaturated/α-hetero) is 1. The Kier molecular flexibility index (Phi) is 6.67. The molecule has 204 valence electrons. The number of esters is 1. The number of ether oxygens (including phenoxy) is 1. The van der Waals surface area contributed by atoms with E-state index in [4.69, 9.17) is 4.74 Å². The van der Waals surface area contributed by atoms with Crippen LogP contribution in [0.4, 0.5) is 10.8 Å². The molecule has 1 aliphatic rings. The minimum atomic E-state index is -1.20. The Morgan fingerprint density at radius 1 is 1.15 bits per heavy atom. The molecule has 0 bridgehead atoms. The van der Waals surface area contributed by atoms with Gasteiger partial charge in [0, 0.05) is 18.3 Å². The molecule has 0 radical (unpaired) electrons. The van der Waals surface area contributed by atoms with Crippen molar-refractivity contribution < 1.29 is 29.2 Å². The molecule has 0 saturated carbocycles. The molecule has 1 fully saturated rings. The summed E-state index contributed by atoms with van der Waals surface area (Å²) in [6.07, 6.45) is 1.77. The Morgan fingerprint density at radius 2 is 1.85 bits per heavy atom. The maximum Gasteiger partial charge on any atom is 0.350 e. The van der Waals surface area contributed by atoms with Crippen LogP contribution in [0.3, 0.4) is 0 Å². The van der Waals surface area contributed by atoms with Crippen molar-refractivity contribution in [1.29, 1.82) is 0 Å². The van der Waals surface area contributed by atoms with Crippen molar-refractivity contribution in [3.8, 4) is 0 Å². The molecule has 13 heteroatoms. The highest BCUT2D eigenvalue weighted by atomic mass is 32.1. The zero-order valence-corrected chi connectivity index (χ0v) is 22.7. The van der Waals surface area contributed by atoms with Gasteiger partial charge in [-0.05, 0) is 57.0 Å². The largest absolute Gasteiger partial charge is 0.505 e. The van der Waals surface area contributed by atoms with Crippen LogP contribution in [0, 0.1) is 30.9 Å². The standard InChI is InChI=1S/C27H23N5O7S/c1-5-39-26(36)23-14(3)28-27(40-23)31-20(16-8-10-17(11-9-16)32(37)38)18(22(34)25(31)35)21(33)19-15(4)30-12-6-7-13(2)24(30)29-19/h6-12,20,33H,5H2,1-4H3/b21-18+. The van der Waals surface area contributed by atoms with Gasteiger partial charge in [0.1, 0.15) is 16.2 Å². The van der Waals surface area contributed by atoms with Crippen molar-refractivity contribution in [1.82, 2.24) is 14.4 Å². The lowest BCUT2D eigenvalue weighted by molar-refractivity contribution is -0.384. The lowest BCUT2D eigenvalue weighted by atomic mass is 9.96. The second-order valence-corrected chi connectivity index (χ2v) is 10.1. The molecular formula is C27H23N5O7S. The van der Waals surface area contributed by atoms with Gasteiger partial charge in [0.05, 0.1) is 34.5 Å². The predicted molar refractivity (Wildman–Crippen MR) is 145 cm³/mol. The molecule has 1 saturated heterocycles. The molecule has 1 aromatic carbocycles. The van der Waals surface area contributed by atoms with Gasteiger partial charge < -0.3 is 14.2 Å². The van der Waals surface area contributed by atoms with Crippen LogP contribution in [0.25, 0.3) is 11.4 Å². The van der Waals surface area contributed by atoms with E-state index in [1.54, 1.807) is 31.4 Å². The normalized spacial score (nSPS) is 16.6. The number of imidazole rings is 1. The number of hydrogen-bond donors (Lipinski definition) is 1. The van der Waals surface area contributed by atoms with Gasteiger partial charge in [0.15, 0.2) is 10.9 Å². The molecule has 4 heterocycles. The van der Waals surface area contributed by atoms with Crippen molar-refractivity contribution in [2.24, 2.45) is 0 Å². The Balaban J connectivity index is 1.73. The van der Waals surface area contributed by atoms with E-state index in [0.717, 1.165) is 21.8 Å². The highest BCUT2D eigenvalue weighted by Crippen LogP contribution is 2.44. The molecule has 12 nitrogen and oxygen atoms in total. The van der Waals surface area contributed by atoms with Crippen molar-refractivity contribution in [2.75, 3.05) is 11.5 Å². The van der Waals surface area contributed by atoms with E-state index in [2.05, 4.69) is 9.97 Å². The van der Waals surface area contributed by atoms with Crippen LogP contribution < -0.4 is 4.90 Å². The maximum atomic E-state index is 13.5. The number of aryl methyl sites for hydroxylation is 3. The number of hydrogen-bond acceptors (Lipinski definition) is 10. The van der Waals surface area contributed by atoms with E-state index in [-0.39, 0.29) is 33.6 Å². The van der Waals surface area contributed by atoms with Crippen molar-refractivity contribution in [2.45, 2.75) is 33.7 Å². The number of aromatic nitrogens is 3. The second-order valence-electron chi connectivity index (χ2n) is 9.08. The predicted octanol–water partition coefficient (Wildman–Crippen LogP) is 4.43. The molecule has 1 aliphatic heterocycles. The van der Waals surface area contributed by atoms with E-state index < -0.39 is 34.4 Å². The number of rotatable bonds is 6. The zero-order chi connectivity index (χ0) is 28.9. The summed E-state index contributed by atoms with van der Waals surface area (Å²) in [5.41, 5.74) is 2.22. The number of aliphatic hydroxyl groups is 1. The summed E-state index contributed by atoms with van der Waals surface area (Å²) in [7, 11) is 0. The van der Waals surface area contributed by atoms with Crippen LogP contribution in [0.2, 0.25) is 0 Å². The summed E-state index contributed by atoms with van der Waals surface area (Å²) < 4.78 is 6.85. The highest BCUT2D eigenvalue weighted by molar-refractivity contribution is 7.17. The van der Waals surface area contributed by atoms with Gasteiger partial charge in [-0.1, -0.05) is 17.4 Å². The summed E-state index contributed by atoms with van der Waals surface area (Å²) in [6, 6.07) is 7.77. The third kappa shape index (κ3) is 4.20. The molecule has 1 amide bonds. The monoisotopic (exact) mass is 561 g/mol. The summed E-state index contributed by atoms with van der Waals surface area (Å²) in [5, 5.41) is 22.8. The molecule has 0 spiro atoms. The number of anilines is 1. The Labute approximate surface area is 231 Å². The van der Waals surface area contributed by atoms with Gasteiger partial charge in [-0.3, -0.25) is 24.6 Å². The fourth-order valence-electron chi connectivity index (χ4n) is 4.67. The Hall–Kier alpha value is -4.91. The minimum absolute atomic E-state index is 0.0348. The second kappa shape index (κ2) is 10.0. The molecule has 40 heavy (non-hydrogen) atoms. The van der Waals surface area contributed by atoms with E-state index >= 15 is 0 Å². The fraction of sp³-hybridized carbons (Fsp3) is 0.222. The third-order valence-corrected chi connectivity index (χ3v) is 7.76. The summed E-state index contributed by atoms with van der Waals surface area (Å²) >= 11 is 0.871. The van der Waals surface area contributed by atoms with Crippen molar-refractivity contribution in [3.63, 3.8) is 0 Å². The van der Waals surface area contributed by atoms with Crippen LogP contribution in [0.5, 0.6) is 0 Å². The molecule has 0 aliphatic carbocycles. The van der Waals surface area contributed by atoms with Gasteiger partial charge in [-0.15, -0.1) is 0 Å². The van der Waals surface area contributed by atoms with Crippen molar-refractivity contribution in [3.05, 3.63) is 91.4 Å². The van der Waals surface area contributed by atoms with Crippen molar-refractivity contribution >= 4 is 51.2 Å². The SMILES string of the molecule is CCOC(=O)c1sc(N2C(=O)C(=O)/C(=C(/O)c3nc4c(C)cccn4c3C)C2c2ccc([N+](=O)[O-])cc2)nc1C. The number of nitro groups is 1. The van der Waals surface area contributed by atoms with Crippen LogP contribution in [-0.2, 0) is 14.3 Å². The minimum Gasteiger partial charge on any atom is -0.505 e. The third-order valence-electron chi connectivity index (χ3n) is 6.62. The average Bonchev–Trinajstić information content (AvgIpc) is 3.56. The van der Waals surface area contributed by atoms with Gasteiger partial charge >= 0.3 is 11.9 Å². The van der Waals surface area contributed by atoms with E-state index in [0.29, 0.717) is 22.6 Å². The van der Waals surface area contributed by atoms with E-state index in [1.165, 1.54) is 24.3 Å². The van der Waals surface area contributed by atoms with Gasteiger partial charge in [-0.2, -0.15) is 0 Å². The molecule has 1 atom stereocenters. The number of amides is 1. The Morgan fingerprint density at radius 3 is 2.48 bits per heavy atom. The number of fused-ring (bicyclic) bond motifs is 1. The maximum absolute atomic E-state index is 13.5. The molecule has 1 unspecified atom stereocenters. The lowest BCUT2D eigenvalue weighted by Crippen LogP contribution is -2.29. The first kappa shape index (κ1) is 26.7. The smallest absolute Gasteiger partial charge is 0.350 e. The number of ketones is 1. The quantitative estimate of drug-likeness (QED) is 0.0898. The summed E-state index contributed by atoms with van der Waals surface area (Å²) in [5.74, 6) is -3.09. The number of thiazole rings is 1.